The zero-order valence-corrected chi connectivity index (χ0v) is 12.0. The largest absolute Gasteiger partial charge is 0.309 e. The van der Waals surface area contributed by atoms with Crippen LogP contribution in [0, 0.1) is 6.92 Å². The van der Waals surface area contributed by atoms with Crippen LogP contribution in [0.4, 0.5) is 0 Å². The molecule has 0 saturated heterocycles. The average molecular weight is 254 g/mol. The van der Waals surface area contributed by atoms with E-state index in [1.165, 1.54) is 11.1 Å². The highest BCUT2D eigenvalue weighted by molar-refractivity contribution is 5.30. The van der Waals surface area contributed by atoms with Crippen molar-refractivity contribution < 1.29 is 0 Å². The highest BCUT2D eigenvalue weighted by Crippen LogP contribution is 2.26. The van der Waals surface area contributed by atoms with Crippen LogP contribution in [-0.4, -0.2) is 30.5 Å². The average Bonchev–Trinajstić information content (AvgIpc) is 2.42. The quantitative estimate of drug-likeness (QED) is 0.812. The molecule has 2 rings (SSSR count). The van der Waals surface area contributed by atoms with Crippen molar-refractivity contribution in [3.63, 3.8) is 0 Å². The minimum atomic E-state index is 0.379. The lowest BCUT2D eigenvalue weighted by molar-refractivity contribution is 0.389. The molecule has 2 aromatic rings. The van der Waals surface area contributed by atoms with Gasteiger partial charge in [0, 0.05) is 17.8 Å². The van der Waals surface area contributed by atoms with E-state index in [1.54, 1.807) is 0 Å². The molecule has 2 nitrogen and oxygen atoms in total. The van der Waals surface area contributed by atoms with Crippen molar-refractivity contribution in [3.05, 3.63) is 65.5 Å². The number of nitrogens with zero attached hydrogens (tertiary/aromatic N) is 2. The Labute approximate surface area is 116 Å². The molecule has 0 fully saturated rings. The lowest BCUT2D eigenvalue weighted by atomic mass is 9.91. The summed E-state index contributed by atoms with van der Waals surface area (Å²) in [6.07, 6.45) is 2.97. The fourth-order valence-electron chi connectivity index (χ4n) is 2.25. The normalized spacial score (nSPS) is 12.6. The molecule has 0 spiro atoms. The summed E-state index contributed by atoms with van der Waals surface area (Å²) in [5, 5.41) is 0. The van der Waals surface area contributed by atoms with E-state index in [0.29, 0.717) is 5.92 Å². The molecule has 0 aliphatic carbocycles. The number of hydrogen-bond donors (Lipinski definition) is 0. The molecule has 0 saturated carbocycles. The smallest absolute Gasteiger partial charge is 0.0478 e. The predicted molar refractivity (Wildman–Crippen MR) is 80.4 cm³/mol. The van der Waals surface area contributed by atoms with Gasteiger partial charge in [0.1, 0.15) is 0 Å². The fourth-order valence-corrected chi connectivity index (χ4v) is 2.25. The second-order valence-electron chi connectivity index (χ2n) is 5.31. The molecule has 2 heteroatoms. The van der Waals surface area contributed by atoms with Gasteiger partial charge < -0.3 is 4.90 Å². The Hall–Kier alpha value is -1.67. The number of hydrogen-bond acceptors (Lipinski definition) is 2. The Morgan fingerprint density at radius 3 is 2.37 bits per heavy atom. The van der Waals surface area contributed by atoms with Gasteiger partial charge in [-0.25, -0.2) is 0 Å². The first-order chi connectivity index (χ1) is 9.16. The lowest BCUT2D eigenvalue weighted by Crippen LogP contribution is -2.17. The summed E-state index contributed by atoms with van der Waals surface area (Å²) >= 11 is 0. The van der Waals surface area contributed by atoms with Crippen molar-refractivity contribution in [2.45, 2.75) is 19.3 Å². The molecule has 0 amide bonds. The Bertz CT molecular complexity index is 488. The highest BCUT2D eigenvalue weighted by atomic mass is 15.0. The van der Waals surface area contributed by atoms with Gasteiger partial charge in [-0.3, -0.25) is 4.98 Å². The third kappa shape index (κ3) is 3.90. The summed E-state index contributed by atoms with van der Waals surface area (Å²) in [5.41, 5.74) is 3.82. The van der Waals surface area contributed by atoms with Crippen LogP contribution in [0.2, 0.25) is 0 Å². The summed E-state index contributed by atoms with van der Waals surface area (Å²) in [7, 11) is 4.23. The van der Waals surface area contributed by atoms with Crippen LogP contribution in [0.15, 0.2) is 48.7 Å². The Morgan fingerprint density at radius 1 is 1.05 bits per heavy atom. The van der Waals surface area contributed by atoms with E-state index in [9.17, 15) is 0 Å². The lowest BCUT2D eigenvalue weighted by Gasteiger charge is -2.19. The van der Waals surface area contributed by atoms with Crippen molar-refractivity contribution >= 4 is 0 Å². The molecule has 0 bridgehead atoms. The maximum Gasteiger partial charge on any atom is 0.0478 e. The second kappa shape index (κ2) is 6.48. The Kier molecular flexibility index (Phi) is 4.69. The van der Waals surface area contributed by atoms with Gasteiger partial charge in [-0.1, -0.05) is 35.9 Å². The maximum absolute atomic E-state index is 4.54. The van der Waals surface area contributed by atoms with Crippen molar-refractivity contribution in [2.24, 2.45) is 0 Å². The number of rotatable bonds is 5. The van der Waals surface area contributed by atoms with E-state index >= 15 is 0 Å². The van der Waals surface area contributed by atoms with E-state index in [0.717, 1.165) is 18.7 Å². The van der Waals surface area contributed by atoms with Crippen LogP contribution in [0.5, 0.6) is 0 Å². The van der Waals surface area contributed by atoms with Gasteiger partial charge in [0.25, 0.3) is 0 Å². The van der Waals surface area contributed by atoms with Crippen LogP contribution >= 0.6 is 0 Å². The first kappa shape index (κ1) is 13.8. The molecule has 1 heterocycles. The summed E-state index contributed by atoms with van der Waals surface area (Å²) < 4.78 is 0. The van der Waals surface area contributed by atoms with Crippen molar-refractivity contribution in [3.8, 4) is 0 Å². The van der Waals surface area contributed by atoms with Gasteiger partial charge in [0.05, 0.1) is 0 Å². The molecule has 1 unspecified atom stereocenters. The minimum absolute atomic E-state index is 0.379. The number of pyridine rings is 1. The van der Waals surface area contributed by atoms with Crippen molar-refractivity contribution in [2.75, 3.05) is 20.6 Å². The molecular weight excluding hydrogens is 232 g/mol. The van der Waals surface area contributed by atoms with Crippen molar-refractivity contribution in [1.82, 2.24) is 9.88 Å². The monoisotopic (exact) mass is 254 g/mol. The zero-order valence-electron chi connectivity index (χ0n) is 12.0. The summed E-state index contributed by atoms with van der Waals surface area (Å²) in [5.74, 6) is 0.379. The molecule has 100 valence electrons. The first-order valence-corrected chi connectivity index (χ1v) is 6.79. The van der Waals surface area contributed by atoms with Gasteiger partial charge in [-0.2, -0.15) is 0 Å². The van der Waals surface area contributed by atoms with E-state index in [1.807, 2.05) is 12.3 Å². The molecule has 1 aromatic heterocycles. The molecule has 19 heavy (non-hydrogen) atoms. The number of aromatic nitrogens is 1. The minimum Gasteiger partial charge on any atom is -0.309 e. The van der Waals surface area contributed by atoms with E-state index in [-0.39, 0.29) is 0 Å². The SMILES string of the molecule is Cc1ccc(C(CCN(C)C)c2ccccn2)cc1. The number of benzene rings is 1. The molecular formula is C17H22N2. The standard InChI is InChI=1S/C17H22N2/c1-14-7-9-15(10-8-14)16(11-13-19(2)3)17-6-4-5-12-18-17/h4-10,12,16H,11,13H2,1-3H3. The molecule has 1 atom stereocenters. The van der Waals surface area contributed by atoms with Crippen LogP contribution in [0.1, 0.15) is 29.2 Å². The molecule has 0 aliphatic heterocycles. The van der Waals surface area contributed by atoms with Gasteiger partial charge in [-0.05, 0) is 51.7 Å². The van der Waals surface area contributed by atoms with E-state index in [4.69, 9.17) is 0 Å². The van der Waals surface area contributed by atoms with Crippen LogP contribution in [0.3, 0.4) is 0 Å². The van der Waals surface area contributed by atoms with Gasteiger partial charge in [0.2, 0.25) is 0 Å². The molecule has 0 N–H and O–H groups in total. The third-order valence-electron chi connectivity index (χ3n) is 3.39. The van der Waals surface area contributed by atoms with E-state index in [2.05, 4.69) is 67.3 Å². The Balaban J connectivity index is 2.26. The first-order valence-electron chi connectivity index (χ1n) is 6.79. The maximum atomic E-state index is 4.54. The fraction of sp³-hybridized carbons (Fsp3) is 0.353. The Morgan fingerprint density at radius 2 is 1.79 bits per heavy atom. The second-order valence-corrected chi connectivity index (χ2v) is 5.31. The topological polar surface area (TPSA) is 16.1 Å². The van der Waals surface area contributed by atoms with Crippen LogP contribution < -0.4 is 0 Å². The summed E-state index contributed by atoms with van der Waals surface area (Å²) in [6.45, 7) is 3.19. The predicted octanol–water partition coefficient (Wildman–Crippen LogP) is 3.47. The highest BCUT2D eigenvalue weighted by Gasteiger charge is 2.15. The van der Waals surface area contributed by atoms with Crippen molar-refractivity contribution in [1.29, 1.82) is 0 Å². The van der Waals surface area contributed by atoms with Crippen LogP contribution in [-0.2, 0) is 0 Å². The van der Waals surface area contributed by atoms with Crippen LogP contribution in [0.25, 0.3) is 0 Å². The summed E-state index contributed by atoms with van der Waals surface area (Å²) in [4.78, 5) is 6.76. The van der Waals surface area contributed by atoms with Gasteiger partial charge in [0.15, 0.2) is 0 Å². The van der Waals surface area contributed by atoms with E-state index < -0.39 is 0 Å². The summed E-state index contributed by atoms with van der Waals surface area (Å²) in [6, 6.07) is 15.0. The molecule has 0 radical (unpaired) electrons. The molecule has 0 aliphatic rings. The van der Waals surface area contributed by atoms with Gasteiger partial charge >= 0.3 is 0 Å². The number of aryl methyl sites for hydroxylation is 1. The third-order valence-corrected chi connectivity index (χ3v) is 3.39. The van der Waals surface area contributed by atoms with Gasteiger partial charge in [-0.15, -0.1) is 0 Å². The molecule has 1 aromatic carbocycles. The zero-order chi connectivity index (χ0) is 13.7.